The Kier molecular flexibility index (Phi) is 3.16. The molecule has 0 radical (unpaired) electrons. The lowest BCUT2D eigenvalue weighted by molar-refractivity contribution is -0.141. The molecule has 18 heavy (non-hydrogen) atoms. The van der Waals surface area contributed by atoms with Crippen molar-refractivity contribution >= 4 is 16.9 Å². The predicted octanol–water partition coefficient (Wildman–Crippen LogP) is 3.07. The van der Waals surface area contributed by atoms with Crippen LogP contribution in [0.1, 0.15) is 29.7 Å². The minimum Gasteiger partial charge on any atom is -0.469 e. The minimum atomic E-state index is -0.236. The van der Waals surface area contributed by atoms with E-state index in [0.29, 0.717) is 0 Å². The van der Waals surface area contributed by atoms with Gasteiger partial charge in [-0.2, -0.15) is 0 Å². The molecule has 2 aromatic rings. The van der Waals surface area contributed by atoms with E-state index in [2.05, 4.69) is 29.7 Å². The SMILES string of the molecule is COC(=O)C(C)c1c(C)n(C)c2ccc(C)cc12. The van der Waals surface area contributed by atoms with Crippen molar-refractivity contribution in [1.82, 2.24) is 4.57 Å². The maximum Gasteiger partial charge on any atom is 0.312 e. The number of fused-ring (bicyclic) bond motifs is 1. The first kappa shape index (κ1) is 12.7. The molecule has 0 aliphatic carbocycles. The van der Waals surface area contributed by atoms with Crippen LogP contribution in [0.2, 0.25) is 0 Å². The normalized spacial score (nSPS) is 12.7. The number of carbonyl (C=O) groups is 1. The molecule has 0 saturated carbocycles. The smallest absolute Gasteiger partial charge is 0.312 e. The van der Waals surface area contributed by atoms with Crippen LogP contribution in [0, 0.1) is 13.8 Å². The molecule has 96 valence electrons. The zero-order chi connectivity index (χ0) is 13.4. The predicted molar refractivity (Wildman–Crippen MR) is 72.8 cm³/mol. The Morgan fingerprint density at radius 3 is 2.61 bits per heavy atom. The van der Waals surface area contributed by atoms with Crippen molar-refractivity contribution in [2.24, 2.45) is 7.05 Å². The second-order valence-corrected chi connectivity index (χ2v) is 4.82. The fourth-order valence-electron chi connectivity index (χ4n) is 2.56. The van der Waals surface area contributed by atoms with Gasteiger partial charge in [-0.3, -0.25) is 4.79 Å². The Bertz CT molecular complexity index is 610. The molecule has 1 aromatic heterocycles. The molecule has 1 aromatic carbocycles. The summed E-state index contributed by atoms with van der Waals surface area (Å²) in [5.74, 6) is -0.424. The van der Waals surface area contributed by atoms with E-state index < -0.39 is 0 Å². The van der Waals surface area contributed by atoms with Gasteiger partial charge in [-0.25, -0.2) is 0 Å². The first-order valence-corrected chi connectivity index (χ1v) is 6.10. The average Bonchev–Trinajstić information content (AvgIpc) is 2.60. The van der Waals surface area contributed by atoms with Crippen molar-refractivity contribution in [1.29, 1.82) is 0 Å². The molecule has 1 unspecified atom stereocenters. The average molecular weight is 245 g/mol. The molecule has 0 fully saturated rings. The molecule has 2 rings (SSSR count). The number of ether oxygens (including phenoxy) is 1. The standard InChI is InChI=1S/C15H19NO2/c1-9-6-7-13-12(8-9)14(11(3)16(13)4)10(2)15(17)18-5/h6-8,10H,1-5H3. The Morgan fingerprint density at radius 1 is 1.33 bits per heavy atom. The van der Waals surface area contributed by atoms with Crippen LogP contribution in [-0.2, 0) is 16.6 Å². The van der Waals surface area contributed by atoms with Gasteiger partial charge in [-0.15, -0.1) is 0 Å². The van der Waals surface area contributed by atoms with Gasteiger partial charge in [-0.05, 0) is 38.5 Å². The third kappa shape index (κ3) is 1.80. The van der Waals surface area contributed by atoms with Gasteiger partial charge in [0.15, 0.2) is 0 Å². The van der Waals surface area contributed by atoms with Crippen LogP contribution in [0.25, 0.3) is 10.9 Å². The maximum absolute atomic E-state index is 11.8. The van der Waals surface area contributed by atoms with Gasteiger partial charge in [0, 0.05) is 23.6 Å². The Hall–Kier alpha value is -1.77. The monoisotopic (exact) mass is 245 g/mol. The molecule has 0 bridgehead atoms. The van der Waals surface area contributed by atoms with Crippen LogP contribution in [0.4, 0.5) is 0 Å². The third-order valence-electron chi connectivity index (χ3n) is 3.68. The van der Waals surface area contributed by atoms with E-state index in [-0.39, 0.29) is 11.9 Å². The van der Waals surface area contributed by atoms with Crippen molar-refractivity contribution in [2.45, 2.75) is 26.7 Å². The Labute approximate surface area is 107 Å². The number of carbonyl (C=O) groups excluding carboxylic acids is 1. The lowest BCUT2D eigenvalue weighted by Gasteiger charge is -2.10. The van der Waals surface area contributed by atoms with E-state index in [1.807, 2.05) is 20.9 Å². The highest BCUT2D eigenvalue weighted by atomic mass is 16.5. The summed E-state index contributed by atoms with van der Waals surface area (Å²) in [6.07, 6.45) is 0. The van der Waals surface area contributed by atoms with E-state index in [0.717, 1.165) is 22.2 Å². The first-order valence-electron chi connectivity index (χ1n) is 6.10. The number of benzene rings is 1. The number of aryl methyl sites for hydroxylation is 2. The number of esters is 1. The van der Waals surface area contributed by atoms with Crippen molar-refractivity contribution in [3.8, 4) is 0 Å². The fourth-order valence-corrected chi connectivity index (χ4v) is 2.56. The van der Waals surface area contributed by atoms with Gasteiger partial charge in [0.25, 0.3) is 0 Å². The molecular formula is C15H19NO2. The van der Waals surface area contributed by atoms with Crippen LogP contribution in [-0.4, -0.2) is 17.6 Å². The van der Waals surface area contributed by atoms with Gasteiger partial charge < -0.3 is 9.30 Å². The van der Waals surface area contributed by atoms with Crippen LogP contribution in [0.15, 0.2) is 18.2 Å². The quantitative estimate of drug-likeness (QED) is 0.761. The minimum absolute atomic E-state index is 0.188. The van der Waals surface area contributed by atoms with Gasteiger partial charge in [0.05, 0.1) is 13.0 Å². The van der Waals surface area contributed by atoms with Crippen molar-refractivity contribution in [2.75, 3.05) is 7.11 Å². The van der Waals surface area contributed by atoms with E-state index in [9.17, 15) is 4.79 Å². The second-order valence-electron chi connectivity index (χ2n) is 4.82. The molecule has 3 nitrogen and oxygen atoms in total. The molecular weight excluding hydrogens is 226 g/mol. The summed E-state index contributed by atoms with van der Waals surface area (Å²) < 4.78 is 6.99. The largest absolute Gasteiger partial charge is 0.469 e. The number of rotatable bonds is 2. The molecule has 1 heterocycles. The molecule has 0 saturated heterocycles. The number of aromatic nitrogens is 1. The lowest BCUT2D eigenvalue weighted by Crippen LogP contribution is -2.11. The number of nitrogens with zero attached hydrogens (tertiary/aromatic N) is 1. The van der Waals surface area contributed by atoms with Crippen molar-refractivity contribution < 1.29 is 9.53 Å². The maximum atomic E-state index is 11.8. The van der Waals surface area contributed by atoms with E-state index in [1.165, 1.54) is 12.7 Å². The van der Waals surface area contributed by atoms with Gasteiger partial charge in [0.1, 0.15) is 0 Å². The molecule has 0 aliphatic heterocycles. The summed E-state index contributed by atoms with van der Waals surface area (Å²) in [6.45, 7) is 6.01. The van der Waals surface area contributed by atoms with Gasteiger partial charge in [-0.1, -0.05) is 11.6 Å². The lowest BCUT2D eigenvalue weighted by atomic mass is 9.97. The topological polar surface area (TPSA) is 31.2 Å². The van der Waals surface area contributed by atoms with Crippen LogP contribution >= 0.6 is 0 Å². The number of methoxy groups -OCH3 is 1. The summed E-state index contributed by atoms with van der Waals surface area (Å²) in [5, 5.41) is 1.15. The molecule has 0 N–H and O–H groups in total. The number of hydrogen-bond acceptors (Lipinski definition) is 2. The summed E-state index contributed by atoms with van der Waals surface area (Å²) in [6, 6.07) is 6.33. The molecule has 3 heteroatoms. The summed E-state index contributed by atoms with van der Waals surface area (Å²) in [5.41, 5.74) is 4.55. The van der Waals surface area contributed by atoms with Crippen molar-refractivity contribution in [3.05, 3.63) is 35.0 Å². The van der Waals surface area contributed by atoms with Crippen LogP contribution in [0.5, 0.6) is 0 Å². The first-order chi connectivity index (χ1) is 8.47. The highest BCUT2D eigenvalue weighted by molar-refractivity contribution is 5.92. The summed E-state index contributed by atoms with van der Waals surface area (Å²) in [4.78, 5) is 11.8. The summed E-state index contributed by atoms with van der Waals surface area (Å²) >= 11 is 0. The van der Waals surface area contributed by atoms with Crippen LogP contribution in [0.3, 0.4) is 0 Å². The fraction of sp³-hybridized carbons (Fsp3) is 0.400. The highest BCUT2D eigenvalue weighted by Gasteiger charge is 2.23. The molecule has 0 aliphatic rings. The zero-order valence-corrected chi connectivity index (χ0v) is 11.6. The molecule has 1 atom stereocenters. The summed E-state index contributed by atoms with van der Waals surface area (Å²) in [7, 11) is 3.46. The third-order valence-corrected chi connectivity index (χ3v) is 3.68. The second kappa shape index (κ2) is 4.48. The van der Waals surface area contributed by atoms with E-state index in [4.69, 9.17) is 4.74 Å². The Morgan fingerprint density at radius 2 is 2.00 bits per heavy atom. The van der Waals surface area contributed by atoms with Crippen molar-refractivity contribution in [3.63, 3.8) is 0 Å². The van der Waals surface area contributed by atoms with Gasteiger partial charge >= 0.3 is 5.97 Å². The highest BCUT2D eigenvalue weighted by Crippen LogP contribution is 2.32. The molecule has 0 amide bonds. The van der Waals surface area contributed by atoms with E-state index in [1.54, 1.807) is 0 Å². The molecule has 0 spiro atoms. The Balaban J connectivity index is 2.73. The van der Waals surface area contributed by atoms with Gasteiger partial charge in [0.2, 0.25) is 0 Å². The number of hydrogen-bond donors (Lipinski definition) is 0. The van der Waals surface area contributed by atoms with Crippen LogP contribution < -0.4 is 0 Å². The zero-order valence-electron chi connectivity index (χ0n) is 11.6. The van der Waals surface area contributed by atoms with E-state index >= 15 is 0 Å².